The van der Waals surface area contributed by atoms with E-state index in [-0.39, 0.29) is 17.7 Å². The summed E-state index contributed by atoms with van der Waals surface area (Å²) in [5.41, 5.74) is 3.36. The number of piperidine rings is 2. The van der Waals surface area contributed by atoms with Crippen molar-refractivity contribution in [1.82, 2.24) is 9.80 Å². The molecule has 2 heterocycles. The van der Waals surface area contributed by atoms with Gasteiger partial charge >= 0.3 is 0 Å². The quantitative estimate of drug-likeness (QED) is 0.415. The van der Waals surface area contributed by atoms with E-state index in [0.29, 0.717) is 43.4 Å². The van der Waals surface area contributed by atoms with Gasteiger partial charge in [0.25, 0.3) is 0 Å². The highest BCUT2D eigenvalue weighted by Gasteiger charge is 2.30. The second-order valence-corrected chi connectivity index (χ2v) is 12.7. The molecule has 2 aromatic carbocycles. The highest BCUT2D eigenvalue weighted by molar-refractivity contribution is 6.31. The van der Waals surface area contributed by atoms with Crippen LogP contribution in [0.5, 0.6) is 0 Å². The summed E-state index contributed by atoms with van der Waals surface area (Å²) < 4.78 is 0. The lowest BCUT2D eigenvalue weighted by Crippen LogP contribution is -2.45. The summed E-state index contributed by atoms with van der Waals surface area (Å²) >= 11 is 6.46. The Morgan fingerprint density at radius 3 is 2.23 bits per heavy atom. The van der Waals surface area contributed by atoms with Crippen molar-refractivity contribution in [2.24, 2.45) is 11.8 Å². The lowest BCUT2D eigenvalue weighted by Gasteiger charge is -2.35. The molecule has 2 amide bonds. The van der Waals surface area contributed by atoms with Crippen LogP contribution in [-0.4, -0.2) is 66.0 Å². The van der Waals surface area contributed by atoms with Crippen molar-refractivity contribution in [2.45, 2.75) is 71.8 Å². The lowest BCUT2D eigenvalue weighted by molar-refractivity contribution is -0.133. The molecular weight excluding hydrogens is 522 g/mol. The first kappa shape index (κ1) is 30.5. The van der Waals surface area contributed by atoms with E-state index in [4.69, 9.17) is 11.6 Å². The Hall–Kier alpha value is -2.41. The molecule has 0 aliphatic carbocycles. The number of anilines is 1. The molecule has 2 aliphatic heterocycles. The molecular formula is C33H46ClN3O3. The van der Waals surface area contributed by atoms with Crippen LogP contribution >= 0.6 is 11.6 Å². The third kappa shape index (κ3) is 8.08. The van der Waals surface area contributed by atoms with Crippen LogP contribution in [0.25, 0.3) is 0 Å². The molecule has 0 bridgehead atoms. The number of aryl methyl sites for hydroxylation is 1. The van der Waals surface area contributed by atoms with Gasteiger partial charge in [0.15, 0.2) is 0 Å². The largest absolute Gasteiger partial charge is 0.386 e. The van der Waals surface area contributed by atoms with E-state index in [9.17, 15) is 14.7 Å². The number of amides is 2. The number of rotatable bonds is 9. The van der Waals surface area contributed by atoms with Crippen LogP contribution in [0.3, 0.4) is 0 Å². The number of nitrogens with zero attached hydrogens (tertiary/aromatic N) is 3. The zero-order chi connectivity index (χ0) is 28.9. The summed E-state index contributed by atoms with van der Waals surface area (Å²) in [4.78, 5) is 31.8. The van der Waals surface area contributed by atoms with Crippen LogP contribution in [0.2, 0.25) is 5.02 Å². The van der Waals surface area contributed by atoms with Crippen LogP contribution in [0.4, 0.5) is 5.69 Å². The number of halogens is 1. The topological polar surface area (TPSA) is 64.1 Å². The van der Waals surface area contributed by atoms with E-state index in [1.807, 2.05) is 60.9 Å². The van der Waals surface area contributed by atoms with Gasteiger partial charge in [-0.1, -0.05) is 41.9 Å². The van der Waals surface area contributed by atoms with Crippen LogP contribution in [0, 0.1) is 18.8 Å². The van der Waals surface area contributed by atoms with E-state index >= 15 is 0 Å². The van der Waals surface area contributed by atoms with Gasteiger partial charge in [-0.3, -0.25) is 9.59 Å². The minimum Gasteiger partial charge on any atom is -0.386 e. The van der Waals surface area contributed by atoms with Crippen LogP contribution in [0.1, 0.15) is 69.6 Å². The van der Waals surface area contributed by atoms with Crippen molar-refractivity contribution in [3.63, 3.8) is 0 Å². The minimum absolute atomic E-state index is 0.0658. The van der Waals surface area contributed by atoms with Gasteiger partial charge in [-0.25, -0.2) is 0 Å². The molecule has 2 aromatic rings. The predicted octanol–water partition coefficient (Wildman–Crippen LogP) is 5.81. The Kier molecular flexibility index (Phi) is 10.3. The predicted molar refractivity (Wildman–Crippen MR) is 163 cm³/mol. The molecule has 0 saturated carbocycles. The summed E-state index contributed by atoms with van der Waals surface area (Å²) in [6, 6.07) is 14.3. The van der Waals surface area contributed by atoms with E-state index in [1.165, 1.54) is 18.4 Å². The molecule has 0 atom stereocenters. The van der Waals surface area contributed by atoms with Gasteiger partial charge in [0.05, 0.1) is 5.60 Å². The number of aliphatic hydroxyl groups is 1. The summed E-state index contributed by atoms with van der Waals surface area (Å²) in [5.74, 6) is 0.847. The third-order valence-corrected chi connectivity index (χ3v) is 9.18. The van der Waals surface area contributed by atoms with E-state index in [0.717, 1.165) is 49.3 Å². The lowest BCUT2D eigenvalue weighted by atomic mass is 9.89. The Morgan fingerprint density at radius 1 is 1.00 bits per heavy atom. The van der Waals surface area contributed by atoms with Crippen molar-refractivity contribution < 1.29 is 14.7 Å². The molecule has 218 valence electrons. The average Bonchev–Trinajstić information content (AvgIpc) is 2.93. The number of carbonyl (C=O) groups is 2. The van der Waals surface area contributed by atoms with Gasteiger partial charge in [-0.05, 0) is 114 Å². The zero-order valence-electron chi connectivity index (χ0n) is 24.7. The maximum absolute atomic E-state index is 13.7. The number of benzene rings is 2. The van der Waals surface area contributed by atoms with Crippen molar-refractivity contribution in [2.75, 3.05) is 44.2 Å². The Balaban J connectivity index is 1.29. The Bertz CT molecular complexity index is 1140. The van der Waals surface area contributed by atoms with Gasteiger partial charge < -0.3 is 19.8 Å². The zero-order valence-corrected chi connectivity index (χ0v) is 25.4. The molecule has 7 heteroatoms. The SMILES string of the molecule is CC(=O)N1CCC(C(=O)N(CCCN2CCC(Cc3ccc(C(C)(C)O)cc3)CC2)c2ccc(C)c(Cl)c2)CC1. The fraction of sp³-hybridized carbons (Fsp3) is 0.576. The van der Waals surface area contributed by atoms with E-state index < -0.39 is 5.60 Å². The van der Waals surface area contributed by atoms with Gasteiger partial charge in [-0.15, -0.1) is 0 Å². The molecule has 1 N–H and O–H groups in total. The maximum atomic E-state index is 13.7. The molecule has 0 spiro atoms. The summed E-state index contributed by atoms with van der Waals surface area (Å²) in [5, 5.41) is 10.9. The molecule has 0 aromatic heterocycles. The average molecular weight is 568 g/mol. The van der Waals surface area contributed by atoms with E-state index in [2.05, 4.69) is 17.0 Å². The van der Waals surface area contributed by atoms with Gasteiger partial charge in [0.2, 0.25) is 11.8 Å². The fourth-order valence-electron chi connectivity index (χ4n) is 6.03. The Labute approximate surface area is 245 Å². The first-order valence-electron chi connectivity index (χ1n) is 14.9. The molecule has 4 rings (SSSR count). The second-order valence-electron chi connectivity index (χ2n) is 12.3. The second kappa shape index (κ2) is 13.5. The van der Waals surface area contributed by atoms with E-state index in [1.54, 1.807) is 6.92 Å². The summed E-state index contributed by atoms with van der Waals surface area (Å²) in [6.07, 6.45) is 5.77. The fourth-order valence-corrected chi connectivity index (χ4v) is 6.20. The van der Waals surface area contributed by atoms with Crippen LogP contribution < -0.4 is 4.90 Å². The van der Waals surface area contributed by atoms with Crippen LogP contribution in [0.15, 0.2) is 42.5 Å². The third-order valence-electron chi connectivity index (χ3n) is 8.77. The van der Waals surface area contributed by atoms with Gasteiger partial charge in [0, 0.05) is 43.2 Å². The van der Waals surface area contributed by atoms with Gasteiger partial charge in [0.1, 0.15) is 0 Å². The first-order chi connectivity index (χ1) is 19.0. The number of hydrogen-bond donors (Lipinski definition) is 1. The van der Waals surface area contributed by atoms with Crippen molar-refractivity contribution in [3.8, 4) is 0 Å². The van der Waals surface area contributed by atoms with Crippen LogP contribution in [-0.2, 0) is 21.6 Å². The standard InChI is InChI=1S/C33H46ClN3O3/c1-24-6-11-30(23-31(24)34)37(32(39)28-14-20-36(21-15-28)25(2)38)17-5-16-35-18-12-27(13-19-35)22-26-7-9-29(10-8-26)33(3,4)40/h6-11,23,27-28,40H,5,12-22H2,1-4H3. The highest BCUT2D eigenvalue weighted by atomic mass is 35.5. The number of likely N-dealkylation sites (tertiary alicyclic amines) is 2. The molecule has 0 radical (unpaired) electrons. The molecule has 2 saturated heterocycles. The smallest absolute Gasteiger partial charge is 0.230 e. The Morgan fingerprint density at radius 2 is 1.65 bits per heavy atom. The molecule has 2 aliphatic rings. The van der Waals surface area contributed by atoms with Crippen molar-refractivity contribution in [3.05, 3.63) is 64.2 Å². The monoisotopic (exact) mass is 567 g/mol. The summed E-state index contributed by atoms with van der Waals surface area (Å²) in [7, 11) is 0. The molecule has 6 nitrogen and oxygen atoms in total. The highest BCUT2D eigenvalue weighted by Crippen LogP contribution is 2.28. The normalized spacial score (nSPS) is 17.7. The minimum atomic E-state index is -0.803. The molecule has 0 unspecified atom stereocenters. The number of carbonyl (C=O) groups excluding carboxylic acids is 2. The molecule has 40 heavy (non-hydrogen) atoms. The van der Waals surface area contributed by atoms with Gasteiger partial charge in [-0.2, -0.15) is 0 Å². The summed E-state index contributed by atoms with van der Waals surface area (Å²) in [6.45, 7) is 12.3. The number of hydrogen-bond acceptors (Lipinski definition) is 4. The maximum Gasteiger partial charge on any atom is 0.230 e. The first-order valence-corrected chi connectivity index (χ1v) is 15.3. The molecule has 2 fully saturated rings. The van der Waals surface area contributed by atoms with Crippen molar-refractivity contribution >= 4 is 29.1 Å². The van der Waals surface area contributed by atoms with Crippen molar-refractivity contribution in [1.29, 1.82) is 0 Å².